The van der Waals surface area contributed by atoms with E-state index >= 15 is 0 Å². The molecule has 0 fully saturated rings. The number of aryl methyl sites for hydroxylation is 1. The van der Waals surface area contributed by atoms with Crippen molar-refractivity contribution < 1.29 is 4.39 Å². The van der Waals surface area contributed by atoms with Crippen molar-refractivity contribution >= 4 is 11.6 Å². The predicted molar refractivity (Wildman–Crippen MR) is 53.8 cm³/mol. The van der Waals surface area contributed by atoms with E-state index in [1.165, 1.54) is 0 Å². The minimum Gasteiger partial charge on any atom is -0.319 e. The van der Waals surface area contributed by atoms with Crippen LogP contribution in [0.4, 0.5) is 4.39 Å². The van der Waals surface area contributed by atoms with Crippen LogP contribution in [0, 0.1) is 12.7 Å². The molecule has 0 spiro atoms. The fourth-order valence-electron chi connectivity index (χ4n) is 1.19. The minimum absolute atomic E-state index is 0.178. The molecule has 1 rings (SSSR count). The molecular formula is C10H13ClFN. The highest BCUT2D eigenvalue weighted by Gasteiger charge is 2.08. The largest absolute Gasteiger partial charge is 0.319 e. The molecule has 1 aromatic rings. The lowest BCUT2D eigenvalue weighted by molar-refractivity contribution is 0.596. The summed E-state index contributed by atoms with van der Waals surface area (Å²) >= 11 is 5.87. The van der Waals surface area contributed by atoms with E-state index in [-0.39, 0.29) is 5.82 Å². The molecule has 0 heterocycles. The highest BCUT2D eigenvalue weighted by molar-refractivity contribution is 6.31. The maximum Gasteiger partial charge on any atom is 0.130 e. The summed E-state index contributed by atoms with van der Waals surface area (Å²) in [6.07, 6.45) is 0.628. The van der Waals surface area contributed by atoms with Gasteiger partial charge in [-0.15, -0.1) is 0 Å². The Hall–Kier alpha value is -0.600. The molecule has 0 amide bonds. The van der Waals surface area contributed by atoms with E-state index in [9.17, 15) is 4.39 Å². The Morgan fingerprint density at radius 1 is 1.46 bits per heavy atom. The third kappa shape index (κ3) is 2.42. The van der Waals surface area contributed by atoms with Crippen LogP contribution in [0.2, 0.25) is 5.02 Å². The van der Waals surface area contributed by atoms with E-state index in [1.54, 1.807) is 19.1 Å². The summed E-state index contributed by atoms with van der Waals surface area (Å²) in [6, 6.07) is 3.44. The highest BCUT2D eigenvalue weighted by atomic mass is 35.5. The van der Waals surface area contributed by atoms with E-state index in [4.69, 9.17) is 11.6 Å². The Morgan fingerprint density at radius 3 is 2.77 bits per heavy atom. The second-order valence-electron chi connectivity index (χ2n) is 3.01. The monoisotopic (exact) mass is 201 g/mol. The Kier molecular flexibility index (Phi) is 3.70. The lowest BCUT2D eigenvalue weighted by Gasteiger charge is -2.07. The zero-order valence-corrected chi connectivity index (χ0v) is 8.58. The van der Waals surface area contributed by atoms with Crippen molar-refractivity contribution in [3.8, 4) is 0 Å². The van der Waals surface area contributed by atoms with Gasteiger partial charge in [-0.2, -0.15) is 0 Å². The molecule has 0 saturated carbocycles. The van der Waals surface area contributed by atoms with Crippen LogP contribution in [0.15, 0.2) is 12.1 Å². The summed E-state index contributed by atoms with van der Waals surface area (Å²) in [5.74, 6) is -0.178. The first-order chi connectivity index (χ1) is 6.16. The van der Waals surface area contributed by atoms with Gasteiger partial charge in [0.05, 0.1) is 0 Å². The van der Waals surface area contributed by atoms with Crippen LogP contribution in [-0.2, 0) is 6.42 Å². The molecule has 0 atom stereocenters. The van der Waals surface area contributed by atoms with Crippen molar-refractivity contribution in [1.82, 2.24) is 5.32 Å². The Morgan fingerprint density at radius 2 is 2.15 bits per heavy atom. The van der Waals surface area contributed by atoms with Crippen LogP contribution >= 0.6 is 11.6 Å². The standard InChI is InChI=1S/C10H13ClFN/c1-7-3-4-9(11)8(10(7)12)5-6-13-2/h3-4,13H,5-6H2,1-2H3. The summed E-state index contributed by atoms with van der Waals surface area (Å²) in [6.45, 7) is 2.48. The molecule has 0 radical (unpaired) electrons. The quantitative estimate of drug-likeness (QED) is 0.793. The van der Waals surface area contributed by atoms with Gasteiger partial charge in [0.2, 0.25) is 0 Å². The number of halogens is 2. The molecule has 0 aliphatic rings. The summed E-state index contributed by atoms with van der Waals surface area (Å²) in [5, 5.41) is 3.48. The van der Waals surface area contributed by atoms with Crippen LogP contribution in [0.25, 0.3) is 0 Å². The predicted octanol–water partition coefficient (Wildman–Crippen LogP) is 2.55. The van der Waals surface area contributed by atoms with Gasteiger partial charge in [-0.05, 0) is 38.6 Å². The number of rotatable bonds is 3. The first-order valence-corrected chi connectivity index (χ1v) is 4.62. The average molecular weight is 202 g/mol. The molecular weight excluding hydrogens is 189 g/mol. The van der Waals surface area contributed by atoms with Gasteiger partial charge in [-0.3, -0.25) is 0 Å². The first kappa shape index (κ1) is 10.5. The van der Waals surface area contributed by atoms with Gasteiger partial charge < -0.3 is 5.32 Å². The van der Waals surface area contributed by atoms with E-state index in [2.05, 4.69) is 5.32 Å². The van der Waals surface area contributed by atoms with Gasteiger partial charge in [0, 0.05) is 10.6 Å². The molecule has 13 heavy (non-hydrogen) atoms. The Balaban J connectivity index is 2.96. The van der Waals surface area contributed by atoms with Gasteiger partial charge in [0.15, 0.2) is 0 Å². The summed E-state index contributed by atoms with van der Waals surface area (Å²) < 4.78 is 13.5. The van der Waals surface area contributed by atoms with Crippen molar-refractivity contribution in [2.24, 2.45) is 0 Å². The first-order valence-electron chi connectivity index (χ1n) is 4.25. The van der Waals surface area contributed by atoms with Crippen LogP contribution in [-0.4, -0.2) is 13.6 Å². The lowest BCUT2D eigenvalue weighted by atomic mass is 10.1. The number of likely N-dealkylation sites (N-methyl/N-ethyl adjacent to an activating group) is 1. The SMILES string of the molecule is CNCCc1c(Cl)ccc(C)c1F. The topological polar surface area (TPSA) is 12.0 Å². The lowest BCUT2D eigenvalue weighted by Crippen LogP contribution is -2.11. The molecule has 0 saturated heterocycles. The summed E-state index contributed by atoms with van der Waals surface area (Å²) in [4.78, 5) is 0. The number of nitrogens with one attached hydrogen (secondary N) is 1. The molecule has 3 heteroatoms. The summed E-state index contributed by atoms with van der Waals surface area (Å²) in [5.41, 5.74) is 1.26. The number of hydrogen-bond donors (Lipinski definition) is 1. The smallest absolute Gasteiger partial charge is 0.130 e. The van der Waals surface area contributed by atoms with Gasteiger partial charge >= 0.3 is 0 Å². The van der Waals surface area contributed by atoms with Crippen LogP contribution < -0.4 is 5.32 Å². The average Bonchev–Trinajstić information content (AvgIpc) is 2.12. The van der Waals surface area contributed by atoms with E-state index < -0.39 is 0 Å². The molecule has 1 nitrogen and oxygen atoms in total. The van der Waals surface area contributed by atoms with Crippen molar-refractivity contribution in [2.45, 2.75) is 13.3 Å². The normalized spacial score (nSPS) is 10.5. The summed E-state index contributed by atoms with van der Waals surface area (Å²) in [7, 11) is 1.83. The zero-order chi connectivity index (χ0) is 9.84. The van der Waals surface area contributed by atoms with Crippen molar-refractivity contribution in [3.05, 3.63) is 34.1 Å². The van der Waals surface area contributed by atoms with Crippen LogP contribution in [0.1, 0.15) is 11.1 Å². The molecule has 0 unspecified atom stereocenters. The Labute approximate surface area is 82.9 Å². The molecule has 0 bridgehead atoms. The van der Waals surface area contributed by atoms with E-state index in [0.29, 0.717) is 22.6 Å². The third-order valence-electron chi connectivity index (χ3n) is 2.00. The second kappa shape index (κ2) is 4.58. The van der Waals surface area contributed by atoms with Gasteiger partial charge in [0.1, 0.15) is 5.82 Å². The molecule has 0 aliphatic carbocycles. The van der Waals surface area contributed by atoms with Crippen LogP contribution in [0.5, 0.6) is 0 Å². The molecule has 0 aliphatic heterocycles. The van der Waals surface area contributed by atoms with Gasteiger partial charge in [-0.1, -0.05) is 17.7 Å². The maximum absolute atomic E-state index is 13.5. The zero-order valence-electron chi connectivity index (χ0n) is 7.82. The van der Waals surface area contributed by atoms with Gasteiger partial charge in [0.25, 0.3) is 0 Å². The van der Waals surface area contributed by atoms with Crippen molar-refractivity contribution in [2.75, 3.05) is 13.6 Å². The van der Waals surface area contributed by atoms with Crippen molar-refractivity contribution in [3.63, 3.8) is 0 Å². The van der Waals surface area contributed by atoms with Crippen molar-refractivity contribution in [1.29, 1.82) is 0 Å². The molecule has 1 aromatic carbocycles. The van der Waals surface area contributed by atoms with E-state index in [0.717, 1.165) is 6.54 Å². The number of benzene rings is 1. The van der Waals surface area contributed by atoms with Crippen LogP contribution in [0.3, 0.4) is 0 Å². The molecule has 0 aromatic heterocycles. The number of hydrogen-bond acceptors (Lipinski definition) is 1. The Bertz CT molecular complexity index is 299. The molecule has 72 valence electrons. The minimum atomic E-state index is -0.178. The highest BCUT2D eigenvalue weighted by Crippen LogP contribution is 2.21. The fourth-order valence-corrected chi connectivity index (χ4v) is 1.43. The fraction of sp³-hybridized carbons (Fsp3) is 0.400. The third-order valence-corrected chi connectivity index (χ3v) is 2.36. The van der Waals surface area contributed by atoms with E-state index in [1.807, 2.05) is 7.05 Å². The van der Waals surface area contributed by atoms with Gasteiger partial charge in [-0.25, -0.2) is 4.39 Å². The molecule has 1 N–H and O–H groups in total. The maximum atomic E-state index is 13.5. The second-order valence-corrected chi connectivity index (χ2v) is 3.42.